The van der Waals surface area contributed by atoms with Crippen LogP contribution in [0.1, 0.15) is 99.3 Å². The van der Waals surface area contributed by atoms with Gasteiger partial charge in [-0.3, -0.25) is 43.3 Å². The Morgan fingerprint density at radius 2 is 1.25 bits per heavy atom. The van der Waals surface area contributed by atoms with Gasteiger partial charge in [-0.15, -0.1) is 0 Å². The molecule has 0 aromatic heterocycles. The van der Waals surface area contributed by atoms with Crippen molar-refractivity contribution in [1.29, 1.82) is 0 Å². The first kappa shape index (κ1) is 51.5. The number of hydrogen-bond acceptors (Lipinski definition) is 11. The van der Waals surface area contributed by atoms with Gasteiger partial charge in [0.05, 0.1) is 12.5 Å². The molecule has 0 bridgehead atoms. The summed E-state index contributed by atoms with van der Waals surface area (Å²) in [6.07, 6.45) is -0.516. The quantitative estimate of drug-likeness (QED) is 0.0254. The van der Waals surface area contributed by atoms with E-state index in [4.69, 9.17) is 17.2 Å². The molecule has 1 rings (SSSR count). The number of likely N-dealkylation sites (tertiary alicyclic amines) is 1. The van der Waals surface area contributed by atoms with E-state index in [-0.39, 0.29) is 50.1 Å². The Balaban J connectivity index is 3.40. The molecular weight excluding hydrogens is 776 g/mol. The van der Waals surface area contributed by atoms with Gasteiger partial charge in [0.1, 0.15) is 36.3 Å². The van der Waals surface area contributed by atoms with Gasteiger partial charge in [0.15, 0.2) is 5.96 Å². The van der Waals surface area contributed by atoms with Crippen molar-refractivity contribution < 1.29 is 58.5 Å². The van der Waals surface area contributed by atoms with Crippen molar-refractivity contribution in [1.82, 2.24) is 31.5 Å². The van der Waals surface area contributed by atoms with Crippen LogP contribution in [0.3, 0.4) is 0 Å². The Kier molecular flexibility index (Phi) is 21.9. The summed E-state index contributed by atoms with van der Waals surface area (Å²) in [5.41, 5.74) is 16.9. The molecular formula is C37H64N10O12. The number of carboxylic acids is 3. The highest BCUT2D eigenvalue weighted by atomic mass is 16.4. The van der Waals surface area contributed by atoms with E-state index in [0.717, 1.165) is 0 Å². The van der Waals surface area contributed by atoms with Crippen LogP contribution < -0.4 is 43.8 Å². The van der Waals surface area contributed by atoms with Crippen molar-refractivity contribution in [2.24, 2.45) is 39.9 Å². The Bertz CT molecular complexity index is 1540. The summed E-state index contributed by atoms with van der Waals surface area (Å²) < 4.78 is 0. The van der Waals surface area contributed by atoms with Crippen molar-refractivity contribution >= 4 is 59.3 Å². The Hall–Kier alpha value is -5.54. The number of rotatable bonds is 26. The molecule has 1 aliphatic rings. The van der Waals surface area contributed by atoms with Gasteiger partial charge in [0.25, 0.3) is 0 Å². The Labute approximate surface area is 343 Å². The van der Waals surface area contributed by atoms with Crippen LogP contribution in [0.25, 0.3) is 0 Å². The van der Waals surface area contributed by atoms with E-state index < -0.39 is 121 Å². The molecule has 9 unspecified atom stereocenters. The molecule has 0 aliphatic carbocycles. The number of nitrogens with two attached hydrogens (primary N) is 3. The fourth-order valence-electron chi connectivity index (χ4n) is 6.20. The molecule has 22 nitrogen and oxygen atoms in total. The second-order valence-corrected chi connectivity index (χ2v) is 15.2. The summed E-state index contributed by atoms with van der Waals surface area (Å²) in [5, 5.41) is 40.7. The number of carbonyl (C=O) groups is 9. The van der Waals surface area contributed by atoms with Crippen LogP contribution in [-0.4, -0.2) is 135 Å². The number of nitrogens with one attached hydrogen (secondary N) is 5. The molecule has 22 heteroatoms. The maximum absolute atomic E-state index is 13.9. The summed E-state index contributed by atoms with van der Waals surface area (Å²) in [6.45, 7) is 10.4. The normalized spacial score (nSPS) is 17.8. The molecule has 0 aromatic rings. The van der Waals surface area contributed by atoms with Gasteiger partial charge in [-0.25, -0.2) is 4.79 Å². The number of carboxylic acid groups (broad SMARTS) is 3. The minimum absolute atomic E-state index is 0.0257. The highest BCUT2D eigenvalue weighted by Gasteiger charge is 2.41. The third-order valence-electron chi connectivity index (χ3n) is 10.3. The van der Waals surface area contributed by atoms with Crippen LogP contribution in [0.4, 0.5) is 0 Å². The maximum Gasteiger partial charge on any atom is 0.326 e. The van der Waals surface area contributed by atoms with Gasteiger partial charge < -0.3 is 64.0 Å². The van der Waals surface area contributed by atoms with Gasteiger partial charge >= 0.3 is 17.9 Å². The molecule has 0 aromatic carbocycles. The molecule has 0 spiro atoms. The summed E-state index contributed by atoms with van der Waals surface area (Å²) >= 11 is 0. The van der Waals surface area contributed by atoms with Crippen molar-refractivity contribution in [3.05, 3.63) is 0 Å². The van der Waals surface area contributed by atoms with Crippen LogP contribution in [0.2, 0.25) is 0 Å². The monoisotopic (exact) mass is 840 g/mol. The molecule has 0 saturated carbocycles. The third-order valence-corrected chi connectivity index (χ3v) is 10.3. The molecule has 9 atom stereocenters. The van der Waals surface area contributed by atoms with Crippen LogP contribution >= 0.6 is 0 Å². The van der Waals surface area contributed by atoms with Crippen LogP contribution in [0.15, 0.2) is 4.99 Å². The lowest BCUT2D eigenvalue weighted by Gasteiger charge is -2.33. The van der Waals surface area contributed by atoms with Crippen molar-refractivity contribution in [3.8, 4) is 0 Å². The molecule has 1 heterocycles. The number of hydrogen-bond donors (Lipinski definition) is 11. The Morgan fingerprint density at radius 1 is 0.712 bits per heavy atom. The van der Waals surface area contributed by atoms with Crippen LogP contribution in [-0.2, 0) is 43.2 Å². The van der Waals surface area contributed by atoms with E-state index in [2.05, 4.69) is 31.6 Å². The van der Waals surface area contributed by atoms with E-state index >= 15 is 0 Å². The number of carbonyl (C=O) groups excluding carboxylic acids is 6. The second kappa shape index (κ2) is 25.1. The maximum atomic E-state index is 13.9. The molecule has 334 valence electrons. The van der Waals surface area contributed by atoms with Gasteiger partial charge in [-0.1, -0.05) is 54.4 Å². The van der Waals surface area contributed by atoms with E-state index in [1.54, 1.807) is 13.8 Å². The fourth-order valence-corrected chi connectivity index (χ4v) is 6.20. The number of nitrogens with zero attached hydrogens (tertiary/aromatic N) is 2. The second-order valence-electron chi connectivity index (χ2n) is 15.2. The topological polar surface area (TPSA) is 368 Å². The molecule has 14 N–H and O–H groups in total. The first-order valence-corrected chi connectivity index (χ1v) is 19.9. The predicted octanol–water partition coefficient (Wildman–Crippen LogP) is -2.05. The summed E-state index contributed by atoms with van der Waals surface area (Å²) in [4.78, 5) is 122. The number of amides is 6. The highest BCUT2D eigenvalue weighted by molar-refractivity contribution is 5.98. The lowest BCUT2D eigenvalue weighted by Crippen LogP contribution is -2.60. The average Bonchev–Trinajstić information content (AvgIpc) is 3.66. The van der Waals surface area contributed by atoms with Crippen molar-refractivity contribution in [2.45, 2.75) is 142 Å². The standard InChI is InChI=1S/C37H64N10O12/c1-7-19(5)27(38)34(56)46-29(20(6)8-2)35(57)47-16-10-12-24(47)33(55)44-23(17-26(50)51)32(54)42-21(11-9-15-41-37(39)40)30(52)43-22(13-14-25(48)49)31(53)45-28(18(3)4)36(58)59/h18-24,27-29H,7-17,38H2,1-6H3,(H,42,54)(H,43,52)(H,44,55)(H,45,53)(H,46,56)(H,48,49)(H,50,51)(H,58,59)(H4,39,40,41). The number of aliphatic imine (C=N–C) groups is 1. The minimum atomic E-state index is -1.78. The number of aliphatic carboxylic acids is 3. The summed E-state index contributed by atoms with van der Waals surface area (Å²) in [6, 6.07) is -9.34. The Morgan fingerprint density at radius 3 is 1.76 bits per heavy atom. The van der Waals surface area contributed by atoms with Gasteiger partial charge in [-0.05, 0) is 49.9 Å². The van der Waals surface area contributed by atoms with E-state index in [1.165, 1.54) is 18.7 Å². The van der Waals surface area contributed by atoms with Crippen LogP contribution in [0, 0.1) is 17.8 Å². The van der Waals surface area contributed by atoms with E-state index in [9.17, 15) is 58.5 Å². The fraction of sp³-hybridized carbons (Fsp3) is 0.730. The molecule has 1 aliphatic heterocycles. The molecule has 59 heavy (non-hydrogen) atoms. The lowest BCUT2D eigenvalue weighted by atomic mass is 9.95. The van der Waals surface area contributed by atoms with E-state index in [0.29, 0.717) is 19.3 Å². The van der Waals surface area contributed by atoms with Gasteiger partial charge in [-0.2, -0.15) is 0 Å². The largest absolute Gasteiger partial charge is 0.481 e. The zero-order valence-corrected chi connectivity index (χ0v) is 34.7. The van der Waals surface area contributed by atoms with E-state index in [1.807, 2.05) is 13.8 Å². The number of guanidine groups is 1. The van der Waals surface area contributed by atoms with Gasteiger partial charge in [0, 0.05) is 19.5 Å². The minimum Gasteiger partial charge on any atom is -0.481 e. The first-order valence-electron chi connectivity index (χ1n) is 19.9. The molecule has 1 saturated heterocycles. The summed E-state index contributed by atoms with van der Waals surface area (Å²) in [5.74, 6) is -10.7. The third kappa shape index (κ3) is 17.1. The van der Waals surface area contributed by atoms with Crippen molar-refractivity contribution in [2.75, 3.05) is 13.1 Å². The molecule has 0 radical (unpaired) electrons. The van der Waals surface area contributed by atoms with Gasteiger partial charge in [0.2, 0.25) is 35.4 Å². The SMILES string of the molecule is CCC(C)C(N)C(=O)NC(C(=O)N1CCCC1C(=O)NC(CC(=O)O)C(=O)NC(CCCN=C(N)N)C(=O)NC(CCC(=O)O)C(=O)NC(C(=O)O)C(C)C)C(C)CC. The predicted molar refractivity (Wildman–Crippen MR) is 213 cm³/mol. The smallest absolute Gasteiger partial charge is 0.326 e. The average molecular weight is 841 g/mol. The zero-order valence-electron chi connectivity index (χ0n) is 34.7. The lowest BCUT2D eigenvalue weighted by molar-refractivity contribution is -0.145. The van der Waals surface area contributed by atoms with Crippen molar-refractivity contribution in [3.63, 3.8) is 0 Å². The highest BCUT2D eigenvalue weighted by Crippen LogP contribution is 2.22. The first-order chi connectivity index (χ1) is 27.5. The zero-order chi connectivity index (χ0) is 45.1. The summed E-state index contributed by atoms with van der Waals surface area (Å²) in [7, 11) is 0. The molecule has 6 amide bonds. The molecule has 1 fully saturated rings. The van der Waals surface area contributed by atoms with Crippen LogP contribution in [0.5, 0.6) is 0 Å².